The summed E-state index contributed by atoms with van der Waals surface area (Å²) in [5.41, 5.74) is 4.97. The number of hydrogen-bond acceptors (Lipinski definition) is 12. The lowest BCUT2D eigenvalue weighted by Crippen LogP contribution is -2.24. The fraction of sp³-hybridized carbons (Fsp3) is 0.250. The fourth-order valence-electron chi connectivity index (χ4n) is 4.33. The van der Waals surface area contributed by atoms with Gasteiger partial charge in [0.05, 0.1) is 26.2 Å². The van der Waals surface area contributed by atoms with E-state index in [0.717, 1.165) is 0 Å². The summed E-state index contributed by atoms with van der Waals surface area (Å²) in [6.07, 6.45) is 0. The molecule has 45 heavy (non-hydrogen) atoms. The first kappa shape index (κ1) is 32.6. The van der Waals surface area contributed by atoms with E-state index in [0.29, 0.717) is 44.5 Å². The topological polar surface area (TPSA) is 180 Å². The maximum Gasteiger partial charge on any atom is 0.650 e. The average Bonchev–Trinajstić information content (AvgIpc) is 3.01. The van der Waals surface area contributed by atoms with Crippen LogP contribution in [0.3, 0.4) is 0 Å². The number of hydrogen-bond donors (Lipinski definition) is 4. The first-order chi connectivity index (χ1) is 21.6. The Hall–Kier alpha value is -5.30. The van der Waals surface area contributed by atoms with Crippen molar-refractivity contribution in [3.63, 3.8) is 0 Å². The van der Waals surface area contributed by atoms with Crippen LogP contribution < -0.4 is 0 Å². The molecule has 0 aliphatic rings. The molecule has 4 aromatic rings. The van der Waals surface area contributed by atoms with Gasteiger partial charge in [-0.05, 0) is 49.9 Å². The lowest BCUT2D eigenvalue weighted by atomic mass is 10.1. The molecule has 13 heteroatoms. The van der Waals surface area contributed by atoms with Crippen molar-refractivity contribution >= 4 is 8.72 Å². The van der Waals surface area contributed by atoms with E-state index in [1.54, 1.807) is 100 Å². The van der Waals surface area contributed by atoms with Crippen molar-refractivity contribution in [3.8, 4) is 23.0 Å². The van der Waals surface area contributed by atoms with Crippen LogP contribution in [-0.4, -0.2) is 29.1 Å². The molecule has 0 atom stereocenters. The van der Waals surface area contributed by atoms with Crippen molar-refractivity contribution in [3.05, 3.63) is 117 Å². The third kappa shape index (κ3) is 8.41. The van der Waals surface area contributed by atoms with Gasteiger partial charge in [0.2, 0.25) is 0 Å². The Morgan fingerprint density at radius 2 is 0.622 bits per heavy atom. The van der Waals surface area contributed by atoms with Gasteiger partial charge in [0.25, 0.3) is 0 Å². The van der Waals surface area contributed by atoms with Gasteiger partial charge >= 0.3 is 8.72 Å². The minimum Gasteiger partial charge on any atom is -0.507 e. The summed E-state index contributed by atoms with van der Waals surface area (Å²) in [5, 5.41) is 59.2. The van der Waals surface area contributed by atoms with Crippen LogP contribution in [0.25, 0.3) is 0 Å². The summed E-state index contributed by atoms with van der Waals surface area (Å²) in [6, 6.07) is 21.3. The maximum absolute atomic E-state index is 10.5. The molecule has 4 N–H and O–H groups in total. The molecule has 0 aromatic heterocycles. The van der Waals surface area contributed by atoms with Crippen LogP contribution in [0.4, 0.5) is 0 Å². The molecule has 0 aliphatic heterocycles. The van der Waals surface area contributed by atoms with Crippen LogP contribution >= 0.6 is 0 Å². The Balaban J connectivity index is 1.74. The van der Waals surface area contributed by atoms with Crippen molar-refractivity contribution in [1.82, 2.24) is 0 Å². The molecule has 0 saturated heterocycles. The molecular weight excluding hydrogens is 588 g/mol. The monoisotopic (exact) mass is 624 g/mol. The number of phenolic OH excluding ortho intramolecular Hbond substituents is 4. The Kier molecular flexibility index (Phi) is 10.8. The summed E-state index contributed by atoms with van der Waals surface area (Å²) in [5.74, 6) is 0.420. The zero-order chi connectivity index (χ0) is 32.4. The first-order valence-corrected chi connectivity index (χ1v) is 16.0. The Morgan fingerprint density at radius 3 is 0.844 bits per heavy atom. The Morgan fingerprint density at radius 1 is 0.400 bits per heavy atom. The van der Waals surface area contributed by atoms with Crippen LogP contribution in [-0.2, 0) is 26.2 Å². The third-order valence-corrected chi connectivity index (χ3v) is 8.71. The summed E-state index contributed by atoms with van der Waals surface area (Å²) >= 11 is 0. The van der Waals surface area contributed by atoms with Crippen LogP contribution in [0.2, 0.25) is 0 Å². The highest BCUT2D eigenvalue weighted by Gasteiger charge is 2.40. The van der Waals surface area contributed by atoms with Gasteiger partial charge in [-0.15, -0.1) is 0 Å². The van der Waals surface area contributed by atoms with Gasteiger partial charge in [-0.1, -0.05) is 72.8 Å². The second kappa shape index (κ2) is 14.9. The van der Waals surface area contributed by atoms with Crippen molar-refractivity contribution < 1.29 is 20.4 Å². The van der Waals surface area contributed by atoms with Crippen LogP contribution in [0.15, 0.2) is 112 Å². The third-order valence-electron chi connectivity index (χ3n) is 7.07. The van der Waals surface area contributed by atoms with E-state index < -0.39 is 8.72 Å². The lowest BCUT2D eigenvalue weighted by molar-refractivity contribution is 0.463. The van der Waals surface area contributed by atoms with Crippen molar-refractivity contribution in [2.24, 2.45) is 39.6 Å². The molecule has 0 heterocycles. The summed E-state index contributed by atoms with van der Waals surface area (Å²) < 4.78 is 17.7. The highest BCUT2D eigenvalue weighted by molar-refractivity contribution is 6.72. The second-order valence-electron chi connectivity index (χ2n) is 10.5. The smallest absolute Gasteiger partial charge is 0.507 e. The molecule has 0 aliphatic carbocycles. The predicted octanol–water partition coefficient (Wildman–Crippen LogP) is 8.09. The van der Waals surface area contributed by atoms with E-state index >= 15 is 0 Å². The molecule has 0 amide bonds. The highest BCUT2D eigenvalue weighted by atomic mass is 28.4. The molecule has 0 radical (unpaired) electrons. The van der Waals surface area contributed by atoms with E-state index in [9.17, 15) is 20.4 Å². The molecule has 232 valence electrons. The van der Waals surface area contributed by atoms with Gasteiger partial charge in [0.1, 0.15) is 23.0 Å². The number of nitrogens with zero attached hydrogens (tertiary/aromatic N) is 8. The van der Waals surface area contributed by atoms with Crippen molar-refractivity contribution in [2.45, 2.75) is 53.9 Å². The number of benzene rings is 4. The molecule has 0 unspecified atom stereocenters. The Labute approximate surface area is 262 Å². The maximum atomic E-state index is 10.5. The molecule has 12 nitrogen and oxygen atoms in total. The van der Waals surface area contributed by atoms with Gasteiger partial charge in [-0.25, -0.2) is 0 Å². The highest BCUT2D eigenvalue weighted by Crippen LogP contribution is 2.27. The van der Waals surface area contributed by atoms with Crippen molar-refractivity contribution in [2.75, 3.05) is 0 Å². The molecule has 0 fully saturated rings. The van der Waals surface area contributed by atoms with Gasteiger partial charge in [0, 0.05) is 22.3 Å². The number of para-hydroxylation sites is 4. The quantitative estimate of drug-likeness (QED) is 0.0919. The van der Waals surface area contributed by atoms with Crippen molar-refractivity contribution in [1.29, 1.82) is 0 Å². The minimum atomic E-state index is -4.03. The zero-order valence-corrected chi connectivity index (χ0v) is 26.6. The molecular formula is C32H36N8O4Si. The molecule has 0 saturated carbocycles. The molecule has 0 spiro atoms. The van der Waals surface area contributed by atoms with Crippen LogP contribution in [0, 0.1) is 27.7 Å². The summed E-state index contributed by atoms with van der Waals surface area (Å²) in [6.45, 7) is 7.19. The van der Waals surface area contributed by atoms with Gasteiger partial charge in [0.15, 0.2) is 0 Å². The van der Waals surface area contributed by atoms with Crippen LogP contribution in [0.5, 0.6) is 23.0 Å². The average molecular weight is 625 g/mol. The first-order valence-electron chi connectivity index (χ1n) is 14.2. The number of rotatable bonds is 12. The summed E-state index contributed by atoms with van der Waals surface area (Å²) in [7, 11) is -4.03. The Bertz CT molecular complexity index is 1520. The van der Waals surface area contributed by atoms with Gasteiger partial charge in [-0.3, -0.25) is 0 Å². The van der Waals surface area contributed by atoms with E-state index in [1.165, 1.54) is 0 Å². The number of aryl methyl sites for hydroxylation is 4. The zero-order valence-electron chi connectivity index (χ0n) is 25.6. The van der Waals surface area contributed by atoms with E-state index in [1.807, 2.05) is 0 Å². The van der Waals surface area contributed by atoms with E-state index in [4.69, 9.17) is 0 Å². The predicted molar refractivity (Wildman–Crippen MR) is 171 cm³/mol. The van der Waals surface area contributed by atoms with E-state index in [-0.39, 0.29) is 49.2 Å². The molecule has 4 aromatic carbocycles. The van der Waals surface area contributed by atoms with Gasteiger partial charge < -0.3 is 20.4 Å². The normalized spacial score (nSPS) is 12.4. The standard InChI is InChI=1S/C32H36N8O4Si/c1-21-9-5-13-25(29(21)41)17-33-37-45(38-34-18-26-14-6-10-22(2)30(26)42,39-35-19-27-15-7-11-23(3)31(27)43)40-36-20-28-16-8-12-24(4)32(28)44/h5-16,41-44H,17-20H2,1-4H3/b37-33+,38-34+,39-35+,40-36+. The van der Waals surface area contributed by atoms with E-state index in [2.05, 4.69) is 39.6 Å². The largest absolute Gasteiger partial charge is 0.650 e. The summed E-state index contributed by atoms with van der Waals surface area (Å²) in [4.78, 5) is 0. The number of aromatic hydroxyl groups is 4. The minimum absolute atomic E-state index is 0.0127. The lowest BCUT2D eigenvalue weighted by Gasteiger charge is -2.09. The molecule has 0 bridgehead atoms. The van der Waals surface area contributed by atoms with Crippen LogP contribution in [0.1, 0.15) is 44.5 Å². The fourth-order valence-corrected chi connectivity index (χ4v) is 5.62. The SMILES string of the molecule is Cc1cccc(C/N=N/[Si](/N=N/Cc2cccc(C)c2O)(/N=N/Cc2cccc(C)c2O)/N=N/Cc2cccc(C)c2O)c1O. The number of phenols is 4. The molecule has 4 rings (SSSR count). The van der Waals surface area contributed by atoms with Gasteiger partial charge in [-0.2, -0.15) is 39.6 Å². The second-order valence-corrected chi connectivity index (χ2v) is 12.5.